The summed E-state index contributed by atoms with van der Waals surface area (Å²) < 4.78 is 1.82. The van der Waals surface area contributed by atoms with E-state index in [4.69, 9.17) is 5.73 Å². The molecule has 5 heteroatoms. The molecule has 0 unspecified atom stereocenters. The molecule has 0 amide bonds. The number of anilines is 2. The SMILES string of the molecule is Nc1c(NCCN2CCCCC2)nn2ccccc12. The minimum Gasteiger partial charge on any atom is -0.394 e. The molecule has 1 fully saturated rings. The van der Waals surface area contributed by atoms with E-state index in [1.54, 1.807) is 0 Å². The quantitative estimate of drug-likeness (QED) is 0.879. The summed E-state index contributed by atoms with van der Waals surface area (Å²) in [6.07, 6.45) is 5.96. The zero-order valence-electron chi connectivity index (χ0n) is 11.2. The molecule has 0 saturated carbocycles. The van der Waals surface area contributed by atoms with Crippen molar-refractivity contribution in [3.8, 4) is 0 Å². The number of aromatic nitrogens is 2. The van der Waals surface area contributed by atoms with Crippen molar-refractivity contribution in [3.05, 3.63) is 24.4 Å². The summed E-state index contributed by atoms with van der Waals surface area (Å²) in [6.45, 7) is 4.41. The second-order valence-corrected chi connectivity index (χ2v) is 5.12. The summed E-state index contributed by atoms with van der Waals surface area (Å²) >= 11 is 0. The minimum absolute atomic E-state index is 0.735. The normalized spacial score (nSPS) is 16.8. The van der Waals surface area contributed by atoms with Gasteiger partial charge in [0.15, 0.2) is 5.82 Å². The molecule has 3 heterocycles. The molecule has 3 N–H and O–H groups in total. The summed E-state index contributed by atoms with van der Waals surface area (Å²) in [6, 6.07) is 5.92. The van der Waals surface area contributed by atoms with Crippen LogP contribution in [0.5, 0.6) is 0 Å². The van der Waals surface area contributed by atoms with E-state index < -0.39 is 0 Å². The fraction of sp³-hybridized carbons (Fsp3) is 0.500. The first-order valence-electron chi connectivity index (χ1n) is 7.03. The van der Waals surface area contributed by atoms with E-state index in [0.29, 0.717) is 0 Å². The molecule has 0 radical (unpaired) electrons. The highest BCUT2D eigenvalue weighted by atomic mass is 15.3. The Bertz CT molecular complexity index is 542. The number of nitrogens with zero attached hydrogens (tertiary/aromatic N) is 3. The van der Waals surface area contributed by atoms with Crippen LogP contribution >= 0.6 is 0 Å². The van der Waals surface area contributed by atoms with Gasteiger partial charge in [0.25, 0.3) is 0 Å². The first-order chi connectivity index (χ1) is 9.34. The van der Waals surface area contributed by atoms with Crippen LogP contribution in [0.25, 0.3) is 5.52 Å². The Hall–Kier alpha value is -1.75. The van der Waals surface area contributed by atoms with Crippen LogP contribution in [0.1, 0.15) is 19.3 Å². The maximum Gasteiger partial charge on any atom is 0.172 e. The van der Waals surface area contributed by atoms with Crippen molar-refractivity contribution in [1.82, 2.24) is 14.5 Å². The van der Waals surface area contributed by atoms with Gasteiger partial charge in [-0.05, 0) is 38.1 Å². The highest BCUT2D eigenvalue weighted by Crippen LogP contribution is 2.22. The highest BCUT2D eigenvalue weighted by molar-refractivity contribution is 5.80. The van der Waals surface area contributed by atoms with Crippen LogP contribution in [0.4, 0.5) is 11.5 Å². The Kier molecular flexibility index (Phi) is 3.55. The Labute approximate surface area is 113 Å². The molecule has 2 aromatic rings. The van der Waals surface area contributed by atoms with Crippen LogP contribution in [-0.2, 0) is 0 Å². The lowest BCUT2D eigenvalue weighted by Gasteiger charge is -2.26. The molecule has 0 atom stereocenters. The molecule has 5 nitrogen and oxygen atoms in total. The van der Waals surface area contributed by atoms with E-state index in [-0.39, 0.29) is 0 Å². The molecule has 0 bridgehead atoms. The van der Waals surface area contributed by atoms with Gasteiger partial charge in [0.2, 0.25) is 0 Å². The summed E-state index contributed by atoms with van der Waals surface area (Å²) in [5.74, 6) is 0.795. The van der Waals surface area contributed by atoms with Gasteiger partial charge in [-0.3, -0.25) is 0 Å². The number of pyridine rings is 1. The monoisotopic (exact) mass is 259 g/mol. The van der Waals surface area contributed by atoms with Crippen LogP contribution in [0.2, 0.25) is 0 Å². The summed E-state index contributed by atoms with van der Waals surface area (Å²) in [7, 11) is 0. The molecule has 0 aliphatic carbocycles. The first-order valence-corrected chi connectivity index (χ1v) is 7.03. The van der Waals surface area contributed by atoms with Crippen LogP contribution in [-0.4, -0.2) is 40.7 Å². The van der Waals surface area contributed by atoms with Gasteiger partial charge in [-0.25, -0.2) is 4.52 Å². The Balaban J connectivity index is 1.60. The molecule has 0 spiro atoms. The number of fused-ring (bicyclic) bond motifs is 1. The molecular formula is C14H21N5. The number of piperidine rings is 1. The van der Waals surface area contributed by atoms with Crippen molar-refractivity contribution in [1.29, 1.82) is 0 Å². The lowest BCUT2D eigenvalue weighted by atomic mass is 10.1. The maximum atomic E-state index is 6.10. The molecule has 3 rings (SSSR count). The van der Waals surface area contributed by atoms with Gasteiger partial charge in [-0.2, -0.15) is 0 Å². The van der Waals surface area contributed by atoms with Crippen molar-refractivity contribution in [2.75, 3.05) is 37.2 Å². The Morgan fingerprint density at radius 1 is 1.21 bits per heavy atom. The molecule has 1 aliphatic heterocycles. The summed E-state index contributed by atoms with van der Waals surface area (Å²) in [5.41, 5.74) is 7.80. The second-order valence-electron chi connectivity index (χ2n) is 5.12. The molecule has 0 aromatic carbocycles. The van der Waals surface area contributed by atoms with Crippen LogP contribution in [0.3, 0.4) is 0 Å². The number of nitrogens with two attached hydrogens (primary N) is 1. The van der Waals surface area contributed by atoms with E-state index in [1.165, 1.54) is 32.4 Å². The van der Waals surface area contributed by atoms with Crippen molar-refractivity contribution in [2.45, 2.75) is 19.3 Å². The van der Waals surface area contributed by atoms with Crippen molar-refractivity contribution >= 4 is 17.0 Å². The predicted octanol–water partition coefficient (Wildman–Crippen LogP) is 1.81. The largest absolute Gasteiger partial charge is 0.394 e. The second kappa shape index (κ2) is 5.48. The number of nitrogen functional groups attached to an aromatic ring is 1. The predicted molar refractivity (Wildman–Crippen MR) is 78.4 cm³/mol. The lowest BCUT2D eigenvalue weighted by Crippen LogP contribution is -2.33. The Morgan fingerprint density at radius 2 is 2.05 bits per heavy atom. The van der Waals surface area contributed by atoms with E-state index in [9.17, 15) is 0 Å². The molecule has 2 aromatic heterocycles. The molecule has 102 valence electrons. The average Bonchev–Trinajstić information content (AvgIpc) is 2.78. The first kappa shape index (κ1) is 12.3. The lowest BCUT2D eigenvalue weighted by molar-refractivity contribution is 0.237. The van der Waals surface area contributed by atoms with E-state index in [2.05, 4.69) is 15.3 Å². The Morgan fingerprint density at radius 3 is 2.84 bits per heavy atom. The van der Waals surface area contributed by atoms with Gasteiger partial charge in [0.05, 0.1) is 5.52 Å². The number of rotatable bonds is 4. The van der Waals surface area contributed by atoms with Crippen molar-refractivity contribution < 1.29 is 0 Å². The van der Waals surface area contributed by atoms with E-state index >= 15 is 0 Å². The molecule has 19 heavy (non-hydrogen) atoms. The average molecular weight is 259 g/mol. The zero-order chi connectivity index (χ0) is 13.1. The third-order valence-electron chi connectivity index (χ3n) is 3.75. The molecular weight excluding hydrogens is 238 g/mol. The molecule has 1 aliphatic rings. The van der Waals surface area contributed by atoms with Gasteiger partial charge in [-0.1, -0.05) is 12.5 Å². The zero-order valence-corrected chi connectivity index (χ0v) is 11.2. The number of hydrogen-bond acceptors (Lipinski definition) is 4. The molecule has 1 saturated heterocycles. The minimum atomic E-state index is 0.735. The van der Waals surface area contributed by atoms with Gasteiger partial charge in [0.1, 0.15) is 5.69 Å². The van der Waals surface area contributed by atoms with E-state index in [1.807, 2.05) is 28.9 Å². The third-order valence-corrected chi connectivity index (χ3v) is 3.75. The van der Waals surface area contributed by atoms with Gasteiger partial charge in [-0.15, -0.1) is 5.10 Å². The van der Waals surface area contributed by atoms with Crippen molar-refractivity contribution in [2.24, 2.45) is 0 Å². The number of likely N-dealkylation sites (tertiary alicyclic amines) is 1. The summed E-state index contributed by atoms with van der Waals surface area (Å²) in [4.78, 5) is 2.50. The van der Waals surface area contributed by atoms with Crippen LogP contribution < -0.4 is 11.1 Å². The van der Waals surface area contributed by atoms with Crippen LogP contribution in [0.15, 0.2) is 24.4 Å². The maximum absolute atomic E-state index is 6.10. The standard InChI is InChI=1S/C14H21N5/c15-13-12-6-2-5-10-19(12)17-14(13)16-7-11-18-8-3-1-4-9-18/h2,5-6,10H,1,3-4,7-9,11,15H2,(H,16,17). The topological polar surface area (TPSA) is 58.6 Å². The third kappa shape index (κ3) is 2.66. The fourth-order valence-electron chi connectivity index (χ4n) is 2.66. The summed E-state index contributed by atoms with van der Waals surface area (Å²) in [5, 5.41) is 7.81. The fourth-order valence-corrected chi connectivity index (χ4v) is 2.66. The van der Waals surface area contributed by atoms with Crippen molar-refractivity contribution in [3.63, 3.8) is 0 Å². The number of nitrogens with one attached hydrogen (secondary N) is 1. The van der Waals surface area contributed by atoms with Gasteiger partial charge < -0.3 is 16.0 Å². The highest BCUT2D eigenvalue weighted by Gasteiger charge is 2.11. The van der Waals surface area contributed by atoms with Crippen LogP contribution in [0, 0.1) is 0 Å². The smallest absolute Gasteiger partial charge is 0.172 e. The van der Waals surface area contributed by atoms with E-state index in [0.717, 1.165) is 30.1 Å². The van der Waals surface area contributed by atoms with Gasteiger partial charge >= 0.3 is 0 Å². The van der Waals surface area contributed by atoms with Gasteiger partial charge in [0, 0.05) is 19.3 Å². The number of hydrogen-bond donors (Lipinski definition) is 2.